The second-order valence-corrected chi connectivity index (χ2v) is 17.1. The van der Waals surface area contributed by atoms with Gasteiger partial charge in [-0.2, -0.15) is 5.06 Å². The van der Waals surface area contributed by atoms with Gasteiger partial charge in [0.15, 0.2) is 0 Å². The first kappa shape index (κ1) is 30.3. The molecule has 0 saturated carbocycles. The maximum absolute atomic E-state index is 13.4. The summed E-state index contributed by atoms with van der Waals surface area (Å²) in [6.45, 7) is 20.7. The van der Waals surface area contributed by atoms with Crippen LogP contribution in [0.3, 0.4) is 0 Å². The lowest BCUT2D eigenvalue weighted by atomic mass is 10.0. The summed E-state index contributed by atoms with van der Waals surface area (Å²) in [5.74, 6) is -0.384. The van der Waals surface area contributed by atoms with Crippen LogP contribution in [0.1, 0.15) is 67.4 Å². The SMILES string of the molecule is COC(=O)C[C@@H]([C@@H]1COC(C)(C)N1C(=O)OC(C)(C)C)N(Cc1ccccc1)O[Si](C)(C)C(C)(C)C. The Labute approximate surface area is 218 Å². The van der Waals surface area contributed by atoms with Gasteiger partial charge in [0.2, 0.25) is 8.32 Å². The van der Waals surface area contributed by atoms with Crippen LogP contribution in [0.25, 0.3) is 0 Å². The number of hydrogen-bond acceptors (Lipinski definition) is 7. The van der Waals surface area contributed by atoms with Crippen LogP contribution in [0, 0.1) is 0 Å². The summed E-state index contributed by atoms with van der Waals surface area (Å²) in [7, 11) is -0.950. The van der Waals surface area contributed by atoms with Gasteiger partial charge >= 0.3 is 12.1 Å². The molecule has 2 rings (SSSR count). The highest BCUT2D eigenvalue weighted by atomic mass is 28.4. The Morgan fingerprint density at radius 2 is 1.72 bits per heavy atom. The predicted molar refractivity (Wildman–Crippen MR) is 143 cm³/mol. The Morgan fingerprint density at radius 3 is 2.22 bits per heavy atom. The Balaban J connectivity index is 2.57. The Kier molecular flexibility index (Phi) is 9.43. The number of hydroxylamine groups is 2. The van der Waals surface area contributed by atoms with Crippen LogP contribution in [0.15, 0.2) is 30.3 Å². The van der Waals surface area contributed by atoms with Gasteiger partial charge in [-0.1, -0.05) is 51.1 Å². The van der Waals surface area contributed by atoms with E-state index in [1.165, 1.54) is 7.11 Å². The molecule has 0 aromatic heterocycles. The van der Waals surface area contributed by atoms with Crippen molar-refractivity contribution < 1.29 is 28.3 Å². The van der Waals surface area contributed by atoms with Gasteiger partial charge in [-0.25, -0.2) is 4.79 Å². The third-order valence-corrected chi connectivity index (χ3v) is 11.2. The van der Waals surface area contributed by atoms with E-state index in [2.05, 4.69) is 33.9 Å². The maximum atomic E-state index is 13.4. The molecular weight excluding hydrogens is 476 g/mol. The average Bonchev–Trinajstić information content (AvgIpc) is 3.04. The lowest BCUT2D eigenvalue weighted by molar-refractivity contribution is -0.159. The molecule has 8 nitrogen and oxygen atoms in total. The number of esters is 1. The molecule has 0 unspecified atom stereocenters. The van der Waals surface area contributed by atoms with Crippen molar-refractivity contribution in [3.8, 4) is 0 Å². The molecule has 1 aliphatic rings. The fraction of sp³-hybridized carbons (Fsp3) is 0.704. The number of methoxy groups -OCH3 is 1. The van der Waals surface area contributed by atoms with Crippen LogP contribution < -0.4 is 0 Å². The van der Waals surface area contributed by atoms with Crippen LogP contribution in [0.5, 0.6) is 0 Å². The highest BCUT2D eigenvalue weighted by Gasteiger charge is 2.52. The third-order valence-electron chi connectivity index (χ3n) is 6.86. The molecule has 0 bridgehead atoms. The smallest absolute Gasteiger partial charge is 0.412 e. The molecular formula is C27H46N2O6Si. The zero-order valence-electron chi connectivity index (χ0n) is 24.0. The molecule has 0 radical (unpaired) electrons. The summed E-state index contributed by atoms with van der Waals surface area (Å²) < 4.78 is 23.8. The van der Waals surface area contributed by atoms with E-state index in [4.69, 9.17) is 18.7 Å². The van der Waals surface area contributed by atoms with Gasteiger partial charge in [0.05, 0.1) is 32.2 Å². The van der Waals surface area contributed by atoms with Crippen molar-refractivity contribution in [1.82, 2.24) is 9.96 Å². The molecule has 1 aliphatic heterocycles. The maximum Gasteiger partial charge on any atom is 0.412 e. The fourth-order valence-electron chi connectivity index (χ4n) is 3.88. The Bertz CT molecular complexity index is 892. The highest BCUT2D eigenvalue weighted by molar-refractivity contribution is 6.74. The van der Waals surface area contributed by atoms with Gasteiger partial charge < -0.3 is 18.7 Å². The Hall–Kier alpha value is -1.94. The average molecular weight is 523 g/mol. The summed E-state index contributed by atoms with van der Waals surface area (Å²) in [4.78, 5) is 27.7. The van der Waals surface area contributed by atoms with Crippen molar-refractivity contribution in [3.63, 3.8) is 0 Å². The van der Waals surface area contributed by atoms with E-state index in [-0.39, 0.29) is 24.0 Å². The van der Waals surface area contributed by atoms with Crippen molar-refractivity contribution >= 4 is 20.4 Å². The molecule has 1 aromatic carbocycles. The summed E-state index contributed by atoms with van der Waals surface area (Å²) in [5.41, 5.74) is -0.566. The van der Waals surface area contributed by atoms with Gasteiger partial charge in [0.1, 0.15) is 11.3 Å². The second kappa shape index (κ2) is 11.2. The van der Waals surface area contributed by atoms with Gasteiger partial charge in [0.25, 0.3) is 0 Å². The number of rotatable bonds is 8. The van der Waals surface area contributed by atoms with Crippen LogP contribution >= 0.6 is 0 Å². The van der Waals surface area contributed by atoms with E-state index < -0.39 is 37.8 Å². The van der Waals surface area contributed by atoms with Crippen LogP contribution in [-0.2, 0) is 30.1 Å². The van der Waals surface area contributed by atoms with Crippen molar-refractivity contribution in [2.45, 2.75) is 110 Å². The number of ether oxygens (including phenoxy) is 3. The summed E-state index contributed by atoms with van der Waals surface area (Å²) >= 11 is 0. The van der Waals surface area contributed by atoms with Crippen LogP contribution in [0.4, 0.5) is 4.79 Å². The minimum absolute atomic E-state index is 0.0291. The topological polar surface area (TPSA) is 77.5 Å². The van der Waals surface area contributed by atoms with Crippen molar-refractivity contribution in [2.75, 3.05) is 13.7 Å². The lowest BCUT2D eigenvalue weighted by Crippen LogP contribution is -2.59. The number of nitrogens with zero attached hydrogens (tertiary/aromatic N) is 2. The molecule has 1 saturated heterocycles. The van der Waals surface area contributed by atoms with Crippen molar-refractivity contribution in [3.05, 3.63) is 35.9 Å². The molecule has 204 valence electrons. The van der Waals surface area contributed by atoms with Crippen molar-refractivity contribution in [2.24, 2.45) is 0 Å². The van der Waals surface area contributed by atoms with Crippen LogP contribution in [-0.4, -0.2) is 67.5 Å². The van der Waals surface area contributed by atoms with E-state index in [0.717, 1.165) is 5.56 Å². The second-order valence-electron chi connectivity index (χ2n) is 12.4. The third kappa shape index (κ3) is 7.78. The highest BCUT2D eigenvalue weighted by Crippen LogP contribution is 2.40. The number of carbonyl (C=O) groups excluding carboxylic acids is 2. The van der Waals surface area contributed by atoms with Gasteiger partial charge in [-0.15, -0.1) is 0 Å². The number of hydrogen-bond donors (Lipinski definition) is 0. The Morgan fingerprint density at radius 1 is 1.14 bits per heavy atom. The minimum atomic E-state index is -2.32. The molecule has 1 fully saturated rings. The van der Waals surface area contributed by atoms with Gasteiger partial charge in [-0.3, -0.25) is 9.69 Å². The number of benzene rings is 1. The van der Waals surface area contributed by atoms with E-state index in [0.29, 0.717) is 6.54 Å². The molecule has 0 aliphatic carbocycles. The lowest BCUT2D eigenvalue weighted by Gasteiger charge is -2.45. The fourth-order valence-corrected chi connectivity index (χ4v) is 4.94. The van der Waals surface area contributed by atoms with E-state index >= 15 is 0 Å². The molecule has 2 atom stereocenters. The summed E-state index contributed by atoms with van der Waals surface area (Å²) in [6.07, 6.45) is -0.460. The normalized spacial score (nSPS) is 19.3. The first-order valence-corrected chi connectivity index (χ1v) is 15.5. The zero-order valence-corrected chi connectivity index (χ0v) is 25.0. The molecule has 9 heteroatoms. The van der Waals surface area contributed by atoms with E-state index in [1.54, 1.807) is 4.90 Å². The molecule has 1 aromatic rings. The number of carbonyl (C=O) groups is 2. The van der Waals surface area contributed by atoms with Crippen molar-refractivity contribution in [1.29, 1.82) is 0 Å². The standard InChI is InChI=1S/C27H46N2O6Si/c1-25(2,3)34-24(31)29-22(19-33-27(29,7)8)21(17-23(30)32-9)28(18-20-15-13-12-14-16-20)35-36(10,11)26(4,5)6/h12-16,21-22H,17-19H2,1-11H3/t21-,22-/m0/s1. The first-order valence-electron chi connectivity index (χ1n) is 12.6. The quantitative estimate of drug-likeness (QED) is 0.245. The van der Waals surface area contributed by atoms with E-state index in [9.17, 15) is 9.59 Å². The monoisotopic (exact) mass is 522 g/mol. The minimum Gasteiger partial charge on any atom is -0.469 e. The molecule has 0 N–H and O–H groups in total. The molecule has 1 heterocycles. The molecule has 0 spiro atoms. The molecule has 36 heavy (non-hydrogen) atoms. The van der Waals surface area contributed by atoms with E-state index in [1.807, 2.05) is 70.0 Å². The summed E-state index contributed by atoms with van der Waals surface area (Å²) in [6, 6.07) is 8.94. The first-order chi connectivity index (χ1) is 16.4. The zero-order chi connectivity index (χ0) is 27.5. The van der Waals surface area contributed by atoms with Crippen LogP contribution in [0.2, 0.25) is 18.1 Å². The largest absolute Gasteiger partial charge is 0.469 e. The predicted octanol–water partition coefficient (Wildman–Crippen LogP) is 5.73. The summed E-state index contributed by atoms with van der Waals surface area (Å²) in [5, 5.41) is 1.81. The molecule has 1 amide bonds. The number of amides is 1. The van der Waals surface area contributed by atoms with Gasteiger partial charge in [0, 0.05) is 6.54 Å². The van der Waals surface area contributed by atoms with Gasteiger partial charge in [-0.05, 0) is 58.3 Å².